The second kappa shape index (κ2) is 5.21. The number of nitrogens with zero attached hydrogens (tertiary/aromatic N) is 3. The summed E-state index contributed by atoms with van der Waals surface area (Å²) < 4.78 is 0. The van der Waals surface area contributed by atoms with E-state index < -0.39 is 0 Å². The highest BCUT2D eigenvalue weighted by Crippen LogP contribution is 2.39. The van der Waals surface area contributed by atoms with Gasteiger partial charge in [-0.3, -0.25) is 0 Å². The molecule has 112 valence electrons. The molecule has 1 aliphatic heterocycles. The first-order chi connectivity index (χ1) is 10.2. The lowest BCUT2D eigenvalue weighted by Gasteiger charge is -2.30. The molecule has 1 saturated heterocycles. The molecule has 0 atom stereocenters. The van der Waals surface area contributed by atoms with Gasteiger partial charge < -0.3 is 10.2 Å². The largest absolute Gasteiger partial charge is 0.367 e. The second-order valence-electron chi connectivity index (χ2n) is 6.38. The van der Waals surface area contributed by atoms with Gasteiger partial charge in [0.05, 0.1) is 5.39 Å². The van der Waals surface area contributed by atoms with E-state index in [-0.39, 0.29) is 0 Å². The standard InChI is InChI=1S/C16H22N4S/c1-10-17-15(19-11-6-8-20(2)9-7-11)14-12-4-3-5-13(12)21-16(14)18-10/h11H,3-9H2,1-2H3,(H,17,18,19). The number of thiophene rings is 1. The molecule has 4 nitrogen and oxygen atoms in total. The summed E-state index contributed by atoms with van der Waals surface area (Å²) in [5.41, 5.74) is 1.52. The zero-order valence-corrected chi connectivity index (χ0v) is 13.6. The van der Waals surface area contributed by atoms with E-state index >= 15 is 0 Å². The lowest BCUT2D eigenvalue weighted by molar-refractivity contribution is 0.263. The summed E-state index contributed by atoms with van der Waals surface area (Å²) in [5.74, 6) is 1.98. The summed E-state index contributed by atoms with van der Waals surface area (Å²) >= 11 is 1.88. The molecule has 2 aromatic heterocycles. The minimum absolute atomic E-state index is 0.552. The molecule has 0 radical (unpaired) electrons. The Labute approximate surface area is 129 Å². The lowest BCUT2D eigenvalue weighted by Crippen LogP contribution is -2.37. The van der Waals surface area contributed by atoms with Crippen molar-refractivity contribution in [2.45, 2.75) is 45.1 Å². The van der Waals surface area contributed by atoms with Crippen LogP contribution in [0, 0.1) is 6.92 Å². The Morgan fingerprint density at radius 2 is 2.00 bits per heavy atom. The molecule has 2 aromatic rings. The molecule has 3 heterocycles. The van der Waals surface area contributed by atoms with E-state index in [4.69, 9.17) is 4.98 Å². The smallest absolute Gasteiger partial charge is 0.139 e. The van der Waals surface area contributed by atoms with Gasteiger partial charge in [-0.25, -0.2) is 9.97 Å². The van der Waals surface area contributed by atoms with Crippen molar-refractivity contribution in [3.05, 3.63) is 16.3 Å². The Morgan fingerprint density at radius 1 is 1.19 bits per heavy atom. The highest BCUT2D eigenvalue weighted by Gasteiger charge is 2.24. The molecule has 1 aliphatic carbocycles. The molecule has 2 aliphatic rings. The van der Waals surface area contributed by atoms with E-state index in [9.17, 15) is 0 Å². The molecule has 4 rings (SSSR count). The molecular formula is C16H22N4S. The van der Waals surface area contributed by atoms with Crippen molar-refractivity contribution in [2.24, 2.45) is 0 Å². The third kappa shape index (κ3) is 2.42. The third-order valence-corrected chi connectivity index (χ3v) is 5.92. The maximum atomic E-state index is 4.74. The van der Waals surface area contributed by atoms with Crippen LogP contribution in [0.25, 0.3) is 10.2 Å². The van der Waals surface area contributed by atoms with Gasteiger partial charge in [-0.05, 0) is 64.7 Å². The highest BCUT2D eigenvalue weighted by atomic mass is 32.1. The number of hydrogen-bond acceptors (Lipinski definition) is 5. The fraction of sp³-hybridized carbons (Fsp3) is 0.625. The predicted molar refractivity (Wildman–Crippen MR) is 88.3 cm³/mol. The quantitative estimate of drug-likeness (QED) is 0.926. The number of nitrogens with one attached hydrogen (secondary N) is 1. The van der Waals surface area contributed by atoms with Crippen LogP contribution in [0.3, 0.4) is 0 Å². The number of aryl methyl sites for hydroxylation is 3. The van der Waals surface area contributed by atoms with Crippen LogP contribution in [0.15, 0.2) is 0 Å². The Hall–Kier alpha value is -1.20. The summed E-state index contributed by atoms with van der Waals surface area (Å²) in [5, 5.41) is 5.05. The van der Waals surface area contributed by atoms with Crippen LogP contribution in [0.5, 0.6) is 0 Å². The number of aromatic nitrogens is 2. The molecule has 5 heteroatoms. The topological polar surface area (TPSA) is 41.1 Å². The maximum Gasteiger partial charge on any atom is 0.139 e. The van der Waals surface area contributed by atoms with E-state index in [2.05, 4.69) is 22.2 Å². The summed E-state index contributed by atoms with van der Waals surface area (Å²) in [4.78, 5) is 14.5. The number of anilines is 1. The molecule has 0 aromatic carbocycles. The molecule has 0 spiro atoms. The van der Waals surface area contributed by atoms with Gasteiger partial charge in [0.1, 0.15) is 16.5 Å². The maximum absolute atomic E-state index is 4.74. The third-order valence-electron chi connectivity index (χ3n) is 4.74. The lowest BCUT2D eigenvalue weighted by atomic mass is 10.1. The van der Waals surface area contributed by atoms with E-state index in [0.29, 0.717) is 6.04 Å². The van der Waals surface area contributed by atoms with Crippen LogP contribution in [-0.4, -0.2) is 41.0 Å². The van der Waals surface area contributed by atoms with Crippen LogP contribution < -0.4 is 5.32 Å². The molecule has 1 fully saturated rings. The molecule has 21 heavy (non-hydrogen) atoms. The zero-order chi connectivity index (χ0) is 14.4. The highest BCUT2D eigenvalue weighted by molar-refractivity contribution is 7.19. The van der Waals surface area contributed by atoms with E-state index in [1.807, 2.05) is 18.3 Å². The number of piperidine rings is 1. The molecule has 1 N–H and O–H groups in total. The van der Waals surface area contributed by atoms with Crippen molar-refractivity contribution < 1.29 is 0 Å². The summed E-state index contributed by atoms with van der Waals surface area (Å²) in [6, 6.07) is 0.552. The first-order valence-corrected chi connectivity index (χ1v) is 8.76. The minimum atomic E-state index is 0.552. The van der Waals surface area contributed by atoms with Crippen LogP contribution in [0.1, 0.15) is 35.5 Å². The fourth-order valence-corrected chi connectivity index (χ4v) is 4.86. The zero-order valence-electron chi connectivity index (χ0n) is 12.8. The van der Waals surface area contributed by atoms with Crippen LogP contribution in [-0.2, 0) is 12.8 Å². The summed E-state index contributed by atoms with van der Waals surface area (Å²) in [7, 11) is 2.20. The Bertz CT molecular complexity index is 670. The van der Waals surface area contributed by atoms with Crippen LogP contribution in [0.4, 0.5) is 5.82 Å². The average Bonchev–Trinajstić information content (AvgIpc) is 3.01. The van der Waals surface area contributed by atoms with Crippen molar-refractivity contribution >= 4 is 27.4 Å². The monoisotopic (exact) mass is 302 g/mol. The summed E-state index contributed by atoms with van der Waals surface area (Å²) in [6.45, 7) is 4.35. The molecule has 0 unspecified atom stereocenters. The van der Waals surface area contributed by atoms with Crippen molar-refractivity contribution in [1.82, 2.24) is 14.9 Å². The molecule has 0 amide bonds. The average molecular weight is 302 g/mol. The Kier molecular flexibility index (Phi) is 3.34. The Morgan fingerprint density at radius 3 is 2.81 bits per heavy atom. The molecule has 0 bridgehead atoms. The molecule has 0 saturated carbocycles. The fourth-order valence-electron chi connectivity index (χ4n) is 3.55. The number of fused-ring (bicyclic) bond motifs is 3. The predicted octanol–water partition coefficient (Wildman–Crippen LogP) is 2.99. The molecular weight excluding hydrogens is 280 g/mol. The second-order valence-corrected chi connectivity index (χ2v) is 7.46. The number of likely N-dealkylation sites (tertiary alicyclic amines) is 1. The van der Waals surface area contributed by atoms with Gasteiger partial charge in [-0.15, -0.1) is 11.3 Å². The van der Waals surface area contributed by atoms with Gasteiger partial charge in [0.25, 0.3) is 0 Å². The van der Waals surface area contributed by atoms with Crippen molar-refractivity contribution in [3.8, 4) is 0 Å². The number of rotatable bonds is 2. The van der Waals surface area contributed by atoms with E-state index in [1.54, 1.807) is 0 Å². The number of hydrogen-bond donors (Lipinski definition) is 1. The minimum Gasteiger partial charge on any atom is -0.367 e. The Balaban J connectivity index is 1.70. The summed E-state index contributed by atoms with van der Waals surface area (Å²) in [6.07, 6.45) is 6.12. The van der Waals surface area contributed by atoms with Gasteiger partial charge in [0, 0.05) is 10.9 Å². The van der Waals surface area contributed by atoms with E-state index in [1.165, 1.54) is 65.9 Å². The van der Waals surface area contributed by atoms with Crippen molar-refractivity contribution in [3.63, 3.8) is 0 Å². The van der Waals surface area contributed by atoms with E-state index in [0.717, 1.165) is 11.6 Å². The first kappa shape index (κ1) is 13.5. The first-order valence-electron chi connectivity index (χ1n) is 7.94. The van der Waals surface area contributed by atoms with Gasteiger partial charge in [0.2, 0.25) is 0 Å². The SMILES string of the molecule is Cc1nc(NC2CCN(C)CC2)c2c3c(sc2n1)CCC3. The van der Waals surface area contributed by atoms with Gasteiger partial charge in [0.15, 0.2) is 0 Å². The normalized spacial score (nSPS) is 20.1. The van der Waals surface area contributed by atoms with Gasteiger partial charge in [-0.1, -0.05) is 0 Å². The van der Waals surface area contributed by atoms with Gasteiger partial charge in [-0.2, -0.15) is 0 Å². The van der Waals surface area contributed by atoms with Gasteiger partial charge >= 0.3 is 0 Å². The van der Waals surface area contributed by atoms with Crippen molar-refractivity contribution in [1.29, 1.82) is 0 Å². The van der Waals surface area contributed by atoms with Crippen LogP contribution in [0.2, 0.25) is 0 Å². The van der Waals surface area contributed by atoms with Crippen molar-refractivity contribution in [2.75, 3.05) is 25.5 Å². The van der Waals surface area contributed by atoms with Crippen LogP contribution >= 0.6 is 11.3 Å².